The van der Waals surface area contributed by atoms with Gasteiger partial charge in [0.25, 0.3) is 0 Å². The van der Waals surface area contributed by atoms with E-state index in [4.69, 9.17) is 5.73 Å². The fourth-order valence-electron chi connectivity index (χ4n) is 2.23. The number of nitrogens with two attached hydrogens (primary N) is 1. The minimum Gasteiger partial charge on any atom is -0.330 e. The maximum Gasteiger partial charge on any atom is -0.00190 e. The Balaban J connectivity index is 0. The third kappa shape index (κ3) is 20.2. The topological polar surface area (TPSA) is 29.3 Å². The Bertz CT molecular complexity index is 138. The minimum absolute atomic E-state index is 0.867. The van der Waals surface area contributed by atoms with Crippen LogP contribution in [0.25, 0.3) is 0 Å². The molecule has 0 atom stereocenters. The number of rotatable bonds is 13. The van der Waals surface area contributed by atoms with E-state index in [1.165, 1.54) is 83.8 Å². The van der Waals surface area contributed by atoms with Crippen LogP contribution in [0.3, 0.4) is 0 Å². The molecule has 2 N–H and O–H groups in total. The highest BCUT2D eigenvalue weighted by atomic mass is 15.1. The van der Waals surface area contributed by atoms with Crippen molar-refractivity contribution in [2.45, 2.75) is 91.9 Å². The largest absolute Gasteiger partial charge is 0.330 e. The van der Waals surface area contributed by atoms with E-state index in [-0.39, 0.29) is 0 Å². The Morgan fingerprint density at radius 1 is 0.600 bits per heavy atom. The smallest absolute Gasteiger partial charge is 0.00190 e. The Hall–Kier alpha value is -0.0800. The summed E-state index contributed by atoms with van der Waals surface area (Å²) in [5.41, 5.74) is 5.34. The lowest BCUT2D eigenvalue weighted by Crippen LogP contribution is -2.23. The van der Waals surface area contributed by atoms with Gasteiger partial charge in [0.15, 0.2) is 0 Å². The SMILES string of the molecule is CCCCCCCCN.CCCCCCN(CC)CC. The fourth-order valence-corrected chi connectivity index (χ4v) is 2.23. The first-order chi connectivity index (χ1) is 9.76. The molecule has 0 unspecified atom stereocenters. The average Bonchev–Trinajstić information content (AvgIpc) is 2.48. The van der Waals surface area contributed by atoms with Crippen LogP contribution in [-0.2, 0) is 0 Å². The summed E-state index contributed by atoms with van der Waals surface area (Å²) in [7, 11) is 0. The molecule has 0 spiro atoms. The zero-order valence-electron chi connectivity index (χ0n) is 14.9. The number of unbranched alkanes of at least 4 members (excludes halogenated alkanes) is 8. The molecule has 0 bridgehead atoms. The molecule has 0 aliphatic rings. The third-order valence-electron chi connectivity index (χ3n) is 3.78. The second-order valence-corrected chi connectivity index (χ2v) is 5.64. The zero-order valence-corrected chi connectivity index (χ0v) is 14.9. The maximum absolute atomic E-state index is 5.34. The van der Waals surface area contributed by atoms with Crippen molar-refractivity contribution in [1.82, 2.24) is 4.90 Å². The van der Waals surface area contributed by atoms with Gasteiger partial charge in [-0.05, 0) is 39.0 Å². The van der Waals surface area contributed by atoms with Crippen LogP contribution in [0.1, 0.15) is 91.9 Å². The molecular formula is C18H42N2. The summed E-state index contributed by atoms with van der Waals surface area (Å²) in [5, 5.41) is 0. The van der Waals surface area contributed by atoms with Crippen molar-refractivity contribution in [3.8, 4) is 0 Å². The van der Waals surface area contributed by atoms with E-state index < -0.39 is 0 Å². The molecule has 0 aromatic carbocycles. The Morgan fingerprint density at radius 2 is 1.05 bits per heavy atom. The van der Waals surface area contributed by atoms with Crippen molar-refractivity contribution in [1.29, 1.82) is 0 Å². The van der Waals surface area contributed by atoms with Crippen molar-refractivity contribution in [3.63, 3.8) is 0 Å². The lowest BCUT2D eigenvalue weighted by molar-refractivity contribution is 0.295. The van der Waals surface area contributed by atoms with Gasteiger partial charge >= 0.3 is 0 Å². The summed E-state index contributed by atoms with van der Waals surface area (Å²) < 4.78 is 0. The number of hydrogen-bond acceptors (Lipinski definition) is 2. The second-order valence-electron chi connectivity index (χ2n) is 5.64. The summed E-state index contributed by atoms with van der Waals surface area (Å²) in [6.07, 6.45) is 13.6. The molecule has 20 heavy (non-hydrogen) atoms. The van der Waals surface area contributed by atoms with Crippen LogP contribution in [0.5, 0.6) is 0 Å². The molecule has 0 radical (unpaired) electrons. The molecule has 0 rings (SSSR count). The third-order valence-corrected chi connectivity index (χ3v) is 3.78. The molecule has 2 heteroatoms. The van der Waals surface area contributed by atoms with Crippen LogP contribution in [0.2, 0.25) is 0 Å². The first-order valence-corrected chi connectivity index (χ1v) is 9.19. The van der Waals surface area contributed by atoms with E-state index in [2.05, 4.69) is 32.6 Å². The zero-order chi connectivity index (χ0) is 15.5. The van der Waals surface area contributed by atoms with Gasteiger partial charge in [-0.1, -0.05) is 79.1 Å². The molecule has 0 aromatic heterocycles. The first kappa shape index (κ1) is 22.2. The molecule has 0 aliphatic heterocycles. The molecular weight excluding hydrogens is 244 g/mol. The monoisotopic (exact) mass is 286 g/mol. The van der Waals surface area contributed by atoms with Gasteiger partial charge < -0.3 is 10.6 Å². The molecule has 0 heterocycles. The van der Waals surface area contributed by atoms with Crippen molar-refractivity contribution in [2.24, 2.45) is 5.73 Å². The minimum atomic E-state index is 0.867. The van der Waals surface area contributed by atoms with Gasteiger partial charge in [-0.15, -0.1) is 0 Å². The highest BCUT2D eigenvalue weighted by Gasteiger charge is 1.96. The predicted octanol–water partition coefficient (Wildman–Crippen LogP) is 5.21. The van der Waals surface area contributed by atoms with Gasteiger partial charge in [-0.3, -0.25) is 0 Å². The number of nitrogens with zero attached hydrogens (tertiary/aromatic N) is 1. The van der Waals surface area contributed by atoms with Crippen LogP contribution in [-0.4, -0.2) is 31.1 Å². The molecule has 0 fully saturated rings. The van der Waals surface area contributed by atoms with Crippen LogP contribution in [0, 0.1) is 0 Å². The van der Waals surface area contributed by atoms with Crippen molar-refractivity contribution >= 4 is 0 Å². The van der Waals surface area contributed by atoms with Gasteiger partial charge in [-0.2, -0.15) is 0 Å². The molecule has 0 saturated heterocycles. The highest BCUT2D eigenvalue weighted by molar-refractivity contribution is 4.51. The molecule has 0 amide bonds. The Kier molecular flexibility index (Phi) is 23.6. The van der Waals surface area contributed by atoms with Gasteiger partial charge in [0, 0.05) is 0 Å². The predicted molar refractivity (Wildman–Crippen MR) is 94.4 cm³/mol. The number of hydrogen-bond donors (Lipinski definition) is 1. The Morgan fingerprint density at radius 3 is 1.50 bits per heavy atom. The van der Waals surface area contributed by atoms with E-state index in [9.17, 15) is 0 Å². The summed E-state index contributed by atoms with van der Waals surface area (Å²) in [5.74, 6) is 0. The summed E-state index contributed by atoms with van der Waals surface area (Å²) >= 11 is 0. The van der Waals surface area contributed by atoms with Crippen LogP contribution < -0.4 is 5.73 Å². The molecule has 124 valence electrons. The quantitative estimate of drug-likeness (QED) is 0.471. The second kappa shape index (κ2) is 21.2. The first-order valence-electron chi connectivity index (χ1n) is 9.19. The lowest BCUT2D eigenvalue weighted by atomic mass is 10.1. The van der Waals surface area contributed by atoms with Gasteiger partial charge in [0.2, 0.25) is 0 Å². The van der Waals surface area contributed by atoms with Crippen molar-refractivity contribution in [3.05, 3.63) is 0 Å². The standard InChI is InChI=1S/C10H23N.C8H19N/c1-4-7-8-9-10-11(5-2)6-3;1-2-3-4-5-6-7-8-9/h4-10H2,1-3H3;2-9H2,1H3. The summed E-state index contributed by atoms with van der Waals surface area (Å²) in [4.78, 5) is 2.50. The summed E-state index contributed by atoms with van der Waals surface area (Å²) in [6.45, 7) is 13.6. The summed E-state index contributed by atoms with van der Waals surface area (Å²) in [6, 6.07) is 0. The van der Waals surface area contributed by atoms with Crippen LogP contribution >= 0.6 is 0 Å². The molecule has 2 nitrogen and oxygen atoms in total. The van der Waals surface area contributed by atoms with Crippen LogP contribution in [0.15, 0.2) is 0 Å². The van der Waals surface area contributed by atoms with E-state index in [0.717, 1.165) is 6.54 Å². The molecule has 0 saturated carbocycles. The molecule has 0 aromatic rings. The highest BCUT2D eigenvalue weighted by Crippen LogP contribution is 2.03. The normalized spacial score (nSPS) is 10.5. The van der Waals surface area contributed by atoms with E-state index >= 15 is 0 Å². The van der Waals surface area contributed by atoms with Crippen molar-refractivity contribution in [2.75, 3.05) is 26.2 Å². The maximum atomic E-state index is 5.34. The average molecular weight is 287 g/mol. The van der Waals surface area contributed by atoms with Gasteiger partial charge in [-0.25, -0.2) is 0 Å². The van der Waals surface area contributed by atoms with E-state index in [1.54, 1.807) is 0 Å². The van der Waals surface area contributed by atoms with E-state index in [1.807, 2.05) is 0 Å². The Labute approximate surface area is 129 Å². The van der Waals surface area contributed by atoms with Crippen molar-refractivity contribution < 1.29 is 0 Å². The van der Waals surface area contributed by atoms with Gasteiger partial charge in [0.1, 0.15) is 0 Å². The van der Waals surface area contributed by atoms with Gasteiger partial charge in [0.05, 0.1) is 0 Å². The molecule has 0 aliphatic carbocycles. The van der Waals surface area contributed by atoms with E-state index in [0.29, 0.717) is 0 Å². The fraction of sp³-hybridized carbons (Fsp3) is 1.00. The lowest BCUT2D eigenvalue weighted by Gasteiger charge is -2.17. The van der Waals surface area contributed by atoms with Crippen LogP contribution in [0.4, 0.5) is 0 Å².